The summed E-state index contributed by atoms with van der Waals surface area (Å²) in [4.78, 5) is 16.7. The van der Waals surface area contributed by atoms with Crippen molar-refractivity contribution in [1.29, 1.82) is 0 Å². The number of pyridine rings is 1. The number of hydrogen-bond donors (Lipinski definition) is 2. The highest BCUT2D eigenvalue weighted by Crippen LogP contribution is 2.40. The first-order chi connectivity index (χ1) is 8.31. The average molecular weight is 269 g/mol. The minimum Gasteiger partial charge on any atom is -0.396 e. The van der Waals surface area contributed by atoms with E-state index in [4.69, 9.17) is 11.6 Å². The summed E-state index contributed by atoms with van der Waals surface area (Å²) in [6, 6.07) is 1.78. The molecule has 1 aliphatic rings. The van der Waals surface area contributed by atoms with Gasteiger partial charge in [-0.2, -0.15) is 0 Å². The summed E-state index contributed by atoms with van der Waals surface area (Å²) in [5.41, 5.74) is 0.309. The highest BCUT2D eigenvalue weighted by atomic mass is 35.5. The fourth-order valence-corrected chi connectivity index (χ4v) is 2.59. The van der Waals surface area contributed by atoms with E-state index >= 15 is 0 Å². The van der Waals surface area contributed by atoms with Gasteiger partial charge in [-0.05, 0) is 38.8 Å². The summed E-state index contributed by atoms with van der Waals surface area (Å²) < 4.78 is 0. The molecule has 2 heterocycles. The average Bonchev–Trinajstić information content (AvgIpc) is 2.26. The van der Waals surface area contributed by atoms with E-state index in [0.717, 1.165) is 11.3 Å². The summed E-state index contributed by atoms with van der Waals surface area (Å²) in [7, 11) is 0. The van der Waals surface area contributed by atoms with Crippen molar-refractivity contribution in [3.05, 3.63) is 28.5 Å². The van der Waals surface area contributed by atoms with Gasteiger partial charge in [0, 0.05) is 12.8 Å². The predicted molar refractivity (Wildman–Crippen MR) is 69.5 cm³/mol. The van der Waals surface area contributed by atoms with Gasteiger partial charge < -0.3 is 10.4 Å². The number of nitrogens with zero attached hydrogens (tertiary/aromatic N) is 1. The molecule has 4 nitrogen and oxygen atoms in total. The van der Waals surface area contributed by atoms with Crippen molar-refractivity contribution in [2.45, 2.75) is 38.1 Å². The summed E-state index contributed by atoms with van der Waals surface area (Å²) in [6.45, 7) is 5.56. The number of carbonyl (C=O) groups excluding carboxylic acids is 1. The van der Waals surface area contributed by atoms with E-state index < -0.39 is 11.0 Å². The molecule has 0 aromatic carbocycles. The summed E-state index contributed by atoms with van der Waals surface area (Å²) in [6.07, 6.45) is 1.93. The molecule has 1 amide bonds. The fraction of sp³-hybridized carbons (Fsp3) is 0.538. The standard InChI is InChI=1S/C13H17ClN2O2/c1-12(2)10-9(6-8(14)7-15-10)13(3,4-5-17)11(18)16-12/h6-7,17H,4-5H2,1-3H3,(H,16,18). The molecule has 0 radical (unpaired) electrons. The molecule has 5 heteroatoms. The molecule has 1 unspecified atom stereocenters. The first kappa shape index (κ1) is 13.3. The van der Waals surface area contributed by atoms with Crippen molar-refractivity contribution < 1.29 is 9.90 Å². The normalized spacial score (nSPS) is 25.5. The van der Waals surface area contributed by atoms with E-state index in [9.17, 15) is 9.90 Å². The van der Waals surface area contributed by atoms with Crippen molar-refractivity contribution in [3.8, 4) is 0 Å². The number of aliphatic hydroxyl groups is 1. The van der Waals surface area contributed by atoms with Crippen LogP contribution in [0, 0.1) is 0 Å². The monoisotopic (exact) mass is 268 g/mol. The van der Waals surface area contributed by atoms with Gasteiger partial charge in [0.2, 0.25) is 5.91 Å². The van der Waals surface area contributed by atoms with Gasteiger partial charge in [0.05, 0.1) is 21.7 Å². The van der Waals surface area contributed by atoms with Gasteiger partial charge in [-0.25, -0.2) is 0 Å². The number of amides is 1. The van der Waals surface area contributed by atoms with Crippen molar-refractivity contribution in [2.24, 2.45) is 0 Å². The maximum atomic E-state index is 12.3. The number of rotatable bonds is 2. The quantitative estimate of drug-likeness (QED) is 0.859. The third-order valence-corrected chi connectivity index (χ3v) is 3.79. The minimum absolute atomic E-state index is 0.0592. The Balaban J connectivity index is 2.67. The Morgan fingerprint density at radius 1 is 1.44 bits per heavy atom. The number of carbonyl (C=O) groups is 1. The van der Waals surface area contributed by atoms with Crippen molar-refractivity contribution in [3.63, 3.8) is 0 Å². The first-order valence-corrected chi connectivity index (χ1v) is 6.29. The van der Waals surface area contributed by atoms with Gasteiger partial charge in [0.25, 0.3) is 0 Å². The van der Waals surface area contributed by atoms with E-state index in [1.807, 2.05) is 20.8 Å². The highest BCUT2D eigenvalue weighted by molar-refractivity contribution is 6.30. The lowest BCUT2D eigenvalue weighted by atomic mass is 9.71. The van der Waals surface area contributed by atoms with Crippen molar-refractivity contribution in [1.82, 2.24) is 10.3 Å². The van der Waals surface area contributed by atoms with E-state index in [-0.39, 0.29) is 12.5 Å². The Hall–Kier alpha value is -1.13. The molecule has 98 valence electrons. The summed E-state index contributed by atoms with van der Waals surface area (Å²) in [5, 5.41) is 12.6. The Morgan fingerprint density at radius 3 is 2.72 bits per heavy atom. The van der Waals surface area contributed by atoms with Crippen LogP contribution in [0.5, 0.6) is 0 Å². The minimum atomic E-state index is -0.780. The van der Waals surface area contributed by atoms with Gasteiger partial charge >= 0.3 is 0 Å². The van der Waals surface area contributed by atoms with Crippen LogP contribution in [0.2, 0.25) is 5.02 Å². The Labute approximate surface area is 111 Å². The number of aliphatic hydroxyl groups excluding tert-OH is 1. The molecule has 0 spiro atoms. The van der Waals surface area contributed by atoms with Gasteiger partial charge in [-0.1, -0.05) is 11.6 Å². The maximum Gasteiger partial charge on any atom is 0.231 e. The third-order valence-electron chi connectivity index (χ3n) is 3.58. The molecule has 2 N–H and O–H groups in total. The van der Waals surface area contributed by atoms with Crippen LogP contribution in [0.15, 0.2) is 12.3 Å². The molecule has 0 aliphatic carbocycles. The molecule has 1 atom stereocenters. The smallest absolute Gasteiger partial charge is 0.231 e. The number of hydrogen-bond acceptors (Lipinski definition) is 3. The molecule has 1 aromatic rings. The van der Waals surface area contributed by atoms with Crippen LogP contribution in [0.3, 0.4) is 0 Å². The number of fused-ring (bicyclic) bond motifs is 1. The largest absolute Gasteiger partial charge is 0.396 e. The number of aromatic nitrogens is 1. The maximum absolute atomic E-state index is 12.3. The molecule has 0 saturated heterocycles. The van der Waals surface area contributed by atoms with E-state index in [1.54, 1.807) is 12.3 Å². The lowest BCUT2D eigenvalue weighted by molar-refractivity contribution is -0.129. The molecule has 18 heavy (non-hydrogen) atoms. The highest BCUT2D eigenvalue weighted by Gasteiger charge is 2.46. The molecule has 0 bridgehead atoms. The number of halogens is 1. The Kier molecular flexibility index (Phi) is 3.11. The van der Waals surface area contributed by atoms with Gasteiger partial charge in [0.1, 0.15) is 0 Å². The summed E-state index contributed by atoms with van der Waals surface area (Å²) >= 11 is 5.99. The van der Waals surface area contributed by atoms with Crippen LogP contribution in [-0.4, -0.2) is 22.6 Å². The SMILES string of the molecule is CC1(C)NC(=O)C(C)(CCO)c2cc(Cl)cnc21. The molecule has 0 saturated carbocycles. The van der Waals surface area contributed by atoms with Crippen molar-refractivity contribution in [2.75, 3.05) is 6.61 Å². The third kappa shape index (κ3) is 1.89. The topological polar surface area (TPSA) is 62.2 Å². The number of nitrogens with one attached hydrogen (secondary N) is 1. The zero-order chi connectivity index (χ0) is 13.6. The van der Waals surface area contributed by atoms with Gasteiger partial charge in [-0.3, -0.25) is 9.78 Å². The lowest BCUT2D eigenvalue weighted by Crippen LogP contribution is -2.56. The van der Waals surface area contributed by atoms with Crippen LogP contribution in [0.25, 0.3) is 0 Å². The van der Waals surface area contributed by atoms with Crippen molar-refractivity contribution >= 4 is 17.5 Å². The van der Waals surface area contributed by atoms with Crippen LogP contribution >= 0.6 is 11.6 Å². The molecular weight excluding hydrogens is 252 g/mol. The molecule has 0 fully saturated rings. The van der Waals surface area contributed by atoms with Gasteiger partial charge in [0.15, 0.2) is 0 Å². The molecule has 1 aliphatic heterocycles. The van der Waals surface area contributed by atoms with Gasteiger partial charge in [-0.15, -0.1) is 0 Å². The van der Waals surface area contributed by atoms with Crippen LogP contribution in [0.1, 0.15) is 38.4 Å². The zero-order valence-corrected chi connectivity index (χ0v) is 11.5. The van der Waals surface area contributed by atoms with Crippen LogP contribution in [0.4, 0.5) is 0 Å². The Bertz CT molecular complexity index is 502. The molecule has 2 rings (SSSR count). The zero-order valence-electron chi connectivity index (χ0n) is 10.7. The lowest BCUT2D eigenvalue weighted by Gasteiger charge is -2.42. The Morgan fingerprint density at radius 2 is 2.11 bits per heavy atom. The summed E-state index contributed by atoms with van der Waals surface area (Å²) in [5.74, 6) is -0.0990. The van der Waals surface area contributed by atoms with E-state index in [2.05, 4.69) is 10.3 Å². The second kappa shape index (κ2) is 4.21. The van der Waals surface area contributed by atoms with Crippen LogP contribution < -0.4 is 5.32 Å². The van der Waals surface area contributed by atoms with Crippen LogP contribution in [-0.2, 0) is 15.7 Å². The second-order valence-electron chi connectivity index (χ2n) is 5.43. The van der Waals surface area contributed by atoms with E-state index in [1.165, 1.54) is 0 Å². The second-order valence-corrected chi connectivity index (χ2v) is 5.87. The predicted octanol–water partition coefficient (Wildman–Crippen LogP) is 1.74. The first-order valence-electron chi connectivity index (χ1n) is 5.91. The fourth-order valence-electron chi connectivity index (χ4n) is 2.43. The molecule has 1 aromatic heterocycles. The van der Waals surface area contributed by atoms with E-state index in [0.29, 0.717) is 11.4 Å². The molecular formula is C13H17ClN2O2.